The van der Waals surface area contributed by atoms with Crippen LogP contribution in [0.25, 0.3) is 5.53 Å². The van der Waals surface area contributed by atoms with Crippen LogP contribution in [-0.4, -0.2) is 45.1 Å². The molecule has 8 heteroatoms. The fraction of sp³-hybridized carbons (Fsp3) is 0.571. The van der Waals surface area contributed by atoms with Crippen molar-refractivity contribution in [3.05, 3.63) is 41.4 Å². The highest BCUT2D eigenvalue weighted by molar-refractivity contribution is 5.94. The number of carboxylic acids is 1. The van der Waals surface area contributed by atoms with E-state index in [-0.39, 0.29) is 18.9 Å². The maximum atomic E-state index is 13.2. The van der Waals surface area contributed by atoms with Crippen molar-refractivity contribution in [2.45, 2.75) is 56.3 Å². The molecule has 3 N–H and O–H groups in total. The third-order valence-corrected chi connectivity index (χ3v) is 7.00. The Labute approximate surface area is 168 Å². The second kappa shape index (κ2) is 7.33. The first-order valence-electron chi connectivity index (χ1n) is 10.1. The van der Waals surface area contributed by atoms with Crippen LogP contribution >= 0.6 is 0 Å². The summed E-state index contributed by atoms with van der Waals surface area (Å²) < 4.78 is 6.34. The summed E-state index contributed by atoms with van der Waals surface area (Å²) in [6.45, 7) is 0.0836. The minimum Gasteiger partial charge on any atom is -0.506 e. The van der Waals surface area contributed by atoms with Gasteiger partial charge in [0.1, 0.15) is 18.4 Å². The van der Waals surface area contributed by atoms with Gasteiger partial charge in [0, 0.05) is 18.8 Å². The molecule has 2 heterocycles. The van der Waals surface area contributed by atoms with Crippen LogP contribution in [0.1, 0.15) is 37.7 Å². The molecule has 4 rings (SSSR count). The lowest BCUT2D eigenvalue weighted by atomic mass is 9.64. The molecule has 154 valence electrons. The molecule has 0 radical (unpaired) electrons. The quantitative estimate of drug-likeness (QED) is 0.530. The molecule has 1 saturated carbocycles. The molecule has 2 saturated heterocycles. The van der Waals surface area contributed by atoms with Gasteiger partial charge in [-0.05, 0) is 18.4 Å². The summed E-state index contributed by atoms with van der Waals surface area (Å²) in [4.78, 5) is 37.3. The van der Waals surface area contributed by atoms with Crippen LogP contribution < -0.4 is 5.73 Å². The lowest BCUT2D eigenvalue weighted by Crippen LogP contribution is -2.53. The number of ketones is 1. The summed E-state index contributed by atoms with van der Waals surface area (Å²) in [5.74, 6) is -4.01. The van der Waals surface area contributed by atoms with Crippen molar-refractivity contribution >= 4 is 17.7 Å². The highest BCUT2D eigenvalue weighted by Crippen LogP contribution is 2.61. The number of hydrogen-bond donors (Lipinski definition) is 2. The number of aliphatic carboxylic acids is 1. The molecule has 1 spiro atoms. The van der Waals surface area contributed by atoms with Crippen molar-refractivity contribution in [3.63, 3.8) is 0 Å². The second-order valence-electron chi connectivity index (χ2n) is 8.43. The molecule has 1 aliphatic carbocycles. The van der Waals surface area contributed by atoms with E-state index in [0.29, 0.717) is 12.8 Å². The zero-order chi connectivity index (χ0) is 20.8. The van der Waals surface area contributed by atoms with Crippen LogP contribution in [0.15, 0.2) is 30.3 Å². The normalized spacial score (nSPS) is 33.3. The Morgan fingerprint density at radius 1 is 1.31 bits per heavy atom. The van der Waals surface area contributed by atoms with Crippen molar-refractivity contribution in [2.24, 2.45) is 23.5 Å². The van der Waals surface area contributed by atoms with Crippen molar-refractivity contribution in [1.82, 2.24) is 0 Å². The Kier molecular flexibility index (Phi) is 4.98. The lowest BCUT2D eigenvalue weighted by Gasteiger charge is -2.33. The molecule has 6 unspecified atom stereocenters. The Hall–Kier alpha value is -2.61. The van der Waals surface area contributed by atoms with E-state index in [1.165, 1.54) is 0 Å². The molecule has 29 heavy (non-hydrogen) atoms. The van der Waals surface area contributed by atoms with Crippen LogP contribution in [0.3, 0.4) is 0 Å². The minimum absolute atomic E-state index is 0.0827. The van der Waals surface area contributed by atoms with Gasteiger partial charge in [0.15, 0.2) is 17.4 Å². The molecule has 0 aromatic heterocycles. The van der Waals surface area contributed by atoms with Crippen LogP contribution in [0.4, 0.5) is 0 Å². The summed E-state index contributed by atoms with van der Waals surface area (Å²) in [5, 5.41) is 9.74. The minimum atomic E-state index is -1.16. The van der Waals surface area contributed by atoms with Gasteiger partial charge < -0.3 is 25.8 Å². The maximum absolute atomic E-state index is 13.2. The van der Waals surface area contributed by atoms with E-state index in [2.05, 4.69) is 0 Å². The highest BCUT2D eigenvalue weighted by atomic mass is 16.5. The van der Waals surface area contributed by atoms with Crippen molar-refractivity contribution in [3.8, 4) is 0 Å². The zero-order valence-corrected chi connectivity index (χ0v) is 16.1. The number of carbonyl (C=O) groups is 3. The molecular formula is C21H25N3O5. The number of esters is 1. The molecule has 3 aliphatic rings. The Bertz CT molecular complexity index is 857. The van der Waals surface area contributed by atoms with Crippen LogP contribution in [0.5, 0.6) is 0 Å². The first-order valence-corrected chi connectivity index (χ1v) is 10.1. The second-order valence-corrected chi connectivity index (χ2v) is 8.43. The first-order chi connectivity index (χ1) is 13.9. The number of carbonyl (C=O) groups excluding carboxylic acids is 2. The molecule has 1 aromatic carbocycles. The van der Waals surface area contributed by atoms with E-state index in [0.717, 1.165) is 23.1 Å². The van der Waals surface area contributed by atoms with E-state index in [4.69, 9.17) is 10.5 Å². The summed E-state index contributed by atoms with van der Waals surface area (Å²) in [7, 11) is 0. The first kappa shape index (κ1) is 19.7. The smallest absolute Gasteiger partial charge is 0.314 e. The molecule has 0 amide bonds. The number of benzene rings is 1. The summed E-state index contributed by atoms with van der Waals surface area (Å²) in [6, 6.07) is 7.42. The molecule has 8 nitrogen and oxygen atoms in total. The van der Waals surface area contributed by atoms with Gasteiger partial charge >= 0.3 is 11.9 Å². The number of rotatable bonds is 7. The van der Waals surface area contributed by atoms with Gasteiger partial charge in [0.2, 0.25) is 0 Å². The Balaban J connectivity index is 1.46. The molecule has 3 fully saturated rings. The van der Waals surface area contributed by atoms with Gasteiger partial charge in [0.25, 0.3) is 0 Å². The van der Waals surface area contributed by atoms with Gasteiger partial charge in [-0.3, -0.25) is 14.4 Å². The Morgan fingerprint density at radius 3 is 2.72 bits per heavy atom. The fourth-order valence-electron chi connectivity index (χ4n) is 5.83. The van der Waals surface area contributed by atoms with Crippen LogP contribution in [0.2, 0.25) is 0 Å². The average Bonchev–Trinajstić information content (AvgIpc) is 3.32. The lowest BCUT2D eigenvalue weighted by molar-refractivity contribution is -0.620. The summed E-state index contributed by atoms with van der Waals surface area (Å²) in [5.41, 5.74) is 16.7. The van der Waals surface area contributed by atoms with E-state index in [1.54, 1.807) is 0 Å². The predicted octanol–water partition coefficient (Wildman–Crippen LogP) is 1.69. The third-order valence-electron chi connectivity index (χ3n) is 7.00. The van der Waals surface area contributed by atoms with E-state index in [1.807, 2.05) is 30.3 Å². The van der Waals surface area contributed by atoms with Gasteiger partial charge in [-0.2, -0.15) is 0 Å². The predicted molar refractivity (Wildman–Crippen MR) is 101 cm³/mol. The third kappa shape index (κ3) is 3.06. The van der Waals surface area contributed by atoms with Gasteiger partial charge in [-0.15, -0.1) is 0 Å². The molecular weight excluding hydrogens is 374 g/mol. The highest BCUT2D eigenvalue weighted by Gasteiger charge is 2.75. The van der Waals surface area contributed by atoms with E-state index in [9.17, 15) is 25.0 Å². The molecule has 2 aliphatic heterocycles. The molecule has 6 atom stereocenters. The number of nitrogens with two attached hydrogens (primary N) is 1. The van der Waals surface area contributed by atoms with Crippen molar-refractivity contribution < 1.29 is 28.9 Å². The number of fused-ring (bicyclic) bond motifs is 1. The topological polar surface area (TPSA) is 132 Å². The van der Waals surface area contributed by atoms with Crippen molar-refractivity contribution in [1.29, 1.82) is 0 Å². The number of ether oxygens (including phenoxy) is 1. The van der Waals surface area contributed by atoms with Gasteiger partial charge in [-0.1, -0.05) is 30.3 Å². The number of carboxylic acid groups (broad SMARTS) is 1. The number of Topliss-reactive ketones (excluding diaryl/α,β-unsaturated/α-hetero) is 1. The Morgan fingerprint density at radius 2 is 2.03 bits per heavy atom. The van der Waals surface area contributed by atoms with Crippen LogP contribution in [0, 0.1) is 17.8 Å². The zero-order valence-electron chi connectivity index (χ0n) is 16.1. The van der Waals surface area contributed by atoms with Crippen molar-refractivity contribution in [2.75, 3.05) is 0 Å². The maximum Gasteiger partial charge on any atom is 0.314 e. The number of nitrogens with zero attached hydrogens (tertiary/aromatic N) is 2. The van der Waals surface area contributed by atoms with Gasteiger partial charge in [-0.25, -0.2) is 0 Å². The van der Waals surface area contributed by atoms with Gasteiger partial charge in [0.05, 0.1) is 12.5 Å². The summed E-state index contributed by atoms with van der Waals surface area (Å²) >= 11 is 0. The number of hydrogen-bond acceptors (Lipinski definition) is 5. The fourth-order valence-corrected chi connectivity index (χ4v) is 5.83. The largest absolute Gasteiger partial charge is 0.506 e. The summed E-state index contributed by atoms with van der Waals surface area (Å²) in [6.07, 6.45) is 2.52. The van der Waals surface area contributed by atoms with E-state index < -0.39 is 47.2 Å². The standard InChI is InChI=1S/C21H25N3O5/c22-14(10-16(25)29-11-12-5-2-1-3-6-12)19(26)18-17(20(27)28)15-9-13-7-4-8-21(13,18)24(15)23/h1-3,5-6,13-15,17-18H,4,7-11,22H2,(H,27,28). The monoisotopic (exact) mass is 399 g/mol. The SMILES string of the molecule is [N-]=[N+]1C2CC3CCCC31C(C(=O)C(N)CC(=O)OCc1ccccc1)C2C(=O)O. The van der Waals surface area contributed by atoms with Crippen LogP contribution in [-0.2, 0) is 25.7 Å². The average molecular weight is 399 g/mol. The molecule has 1 aromatic rings. The van der Waals surface area contributed by atoms with E-state index >= 15 is 0 Å². The molecule has 2 bridgehead atoms.